The SMILES string of the molecule is CC1CC[C@@H]2C3[C@@H](O1)O[C@@H](N1CCS(=O)(=O)CC1)[C@H](C)[C@@H]3CC[C@H]2C. The molecule has 4 aliphatic rings. The van der Waals surface area contributed by atoms with E-state index in [1.54, 1.807) is 0 Å². The molecule has 0 aromatic heterocycles. The highest BCUT2D eigenvalue weighted by Gasteiger charge is 2.53. The summed E-state index contributed by atoms with van der Waals surface area (Å²) in [4.78, 5) is 2.26. The van der Waals surface area contributed by atoms with E-state index in [0.29, 0.717) is 36.8 Å². The zero-order chi connectivity index (χ0) is 17.8. The third kappa shape index (κ3) is 3.40. The van der Waals surface area contributed by atoms with Crippen LogP contribution >= 0.6 is 0 Å². The van der Waals surface area contributed by atoms with Crippen molar-refractivity contribution in [2.75, 3.05) is 24.6 Å². The van der Waals surface area contributed by atoms with E-state index in [-0.39, 0.29) is 30.1 Å². The summed E-state index contributed by atoms with van der Waals surface area (Å²) in [5.74, 6) is 3.56. The lowest BCUT2D eigenvalue weighted by Crippen LogP contribution is -2.59. The molecule has 3 aliphatic heterocycles. The van der Waals surface area contributed by atoms with E-state index in [1.165, 1.54) is 19.3 Å². The van der Waals surface area contributed by atoms with Crippen molar-refractivity contribution in [2.45, 2.75) is 65.1 Å². The fourth-order valence-corrected chi connectivity index (χ4v) is 7.09. The highest BCUT2D eigenvalue weighted by atomic mass is 32.2. The van der Waals surface area contributed by atoms with Gasteiger partial charge in [-0.05, 0) is 49.9 Å². The molecule has 3 heterocycles. The lowest BCUT2D eigenvalue weighted by molar-refractivity contribution is -0.304. The highest BCUT2D eigenvalue weighted by molar-refractivity contribution is 7.91. The average molecular weight is 372 g/mol. The van der Waals surface area contributed by atoms with Crippen molar-refractivity contribution in [3.63, 3.8) is 0 Å². The molecule has 4 fully saturated rings. The average Bonchev–Trinajstić information content (AvgIpc) is 2.73. The Balaban J connectivity index is 1.57. The Morgan fingerprint density at radius 1 is 0.880 bits per heavy atom. The van der Waals surface area contributed by atoms with Gasteiger partial charge in [-0.3, -0.25) is 4.90 Å². The quantitative estimate of drug-likeness (QED) is 0.709. The molecule has 1 aliphatic carbocycles. The van der Waals surface area contributed by atoms with Crippen LogP contribution in [0.4, 0.5) is 0 Å². The molecule has 0 spiro atoms. The molecule has 0 aromatic rings. The highest BCUT2D eigenvalue weighted by Crippen LogP contribution is 2.52. The molecule has 8 atom stereocenters. The fraction of sp³-hybridized carbons (Fsp3) is 1.00. The third-order valence-corrected chi connectivity index (χ3v) is 9.01. The van der Waals surface area contributed by atoms with Crippen LogP contribution in [0.2, 0.25) is 0 Å². The Hall–Kier alpha value is -0.170. The molecule has 0 amide bonds. The van der Waals surface area contributed by atoms with Crippen molar-refractivity contribution >= 4 is 9.84 Å². The molecule has 3 saturated heterocycles. The molecule has 6 heteroatoms. The van der Waals surface area contributed by atoms with E-state index in [0.717, 1.165) is 12.3 Å². The Morgan fingerprint density at radius 2 is 1.56 bits per heavy atom. The lowest BCUT2D eigenvalue weighted by Gasteiger charge is -2.54. The van der Waals surface area contributed by atoms with Crippen molar-refractivity contribution in [1.29, 1.82) is 0 Å². The van der Waals surface area contributed by atoms with Gasteiger partial charge in [0.2, 0.25) is 0 Å². The summed E-state index contributed by atoms with van der Waals surface area (Å²) in [6.07, 6.45) is 5.07. The third-order valence-electron chi connectivity index (χ3n) is 7.40. The van der Waals surface area contributed by atoms with E-state index >= 15 is 0 Å². The summed E-state index contributed by atoms with van der Waals surface area (Å²) in [6.45, 7) is 8.07. The fourth-order valence-electron chi connectivity index (χ4n) is 5.86. The topological polar surface area (TPSA) is 55.8 Å². The van der Waals surface area contributed by atoms with Crippen LogP contribution in [0.1, 0.15) is 46.5 Å². The largest absolute Gasteiger partial charge is 0.349 e. The molecule has 144 valence electrons. The standard InChI is InChI=1S/C19H33NO4S/c1-12-4-6-16-14(3)18(20-8-10-25(21,22)11-9-20)24-19-17(16)15(12)7-5-13(2)23-19/h12-19H,4-11H2,1-3H3/t12-,13?,14-,15+,16+,17?,18-,19+/m1/s1. The van der Waals surface area contributed by atoms with Gasteiger partial charge in [0.1, 0.15) is 6.23 Å². The first kappa shape index (κ1) is 18.2. The van der Waals surface area contributed by atoms with Crippen molar-refractivity contribution in [3.8, 4) is 0 Å². The molecular weight excluding hydrogens is 338 g/mol. The number of sulfone groups is 1. The van der Waals surface area contributed by atoms with Gasteiger partial charge in [-0.2, -0.15) is 0 Å². The molecule has 0 bridgehead atoms. The number of hydrogen-bond donors (Lipinski definition) is 0. The number of rotatable bonds is 1. The molecule has 25 heavy (non-hydrogen) atoms. The van der Waals surface area contributed by atoms with Crippen molar-refractivity contribution in [3.05, 3.63) is 0 Å². The minimum absolute atomic E-state index is 0.00102. The lowest BCUT2D eigenvalue weighted by atomic mass is 9.61. The van der Waals surface area contributed by atoms with E-state index in [2.05, 4.69) is 25.7 Å². The molecule has 4 rings (SSSR count). The molecule has 0 N–H and O–H groups in total. The van der Waals surface area contributed by atoms with Gasteiger partial charge in [0.05, 0.1) is 17.6 Å². The molecule has 5 nitrogen and oxygen atoms in total. The van der Waals surface area contributed by atoms with Crippen LogP contribution in [0.15, 0.2) is 0 Å². The van der Waals surface area contributed by atoms with E-state index < -0.39 is 9.84 Å². The first-order valence-corrected chi connectivity index (χ1v) is 11.9. The zero-order valence-corrected chi connectivity index (χ0v) is 16.6. The summed E-state index contributed by atoms with van der Waals surface area (Å²) < 4.78 is 36.5. The Morgan fingerprint density at radius 3 is 2.28 bits per heavy atom. The molecule has 1 saturated carbocycles. The second kappa shape index (κ2) is 6.77. The normalized spacial score (nSPS) is 50.7. The van der Waals surface area contributed by atoms with Gasteiger partial charge in [-0.15, -0.1) is 0 Å². The predicted octanol–water partition coefficient (Wildman–Crippen LogP) is 2.51. The van der Waals surface area contributed by atoms with E-state index in [9.17, 15) is 8.42 Å². The van der Waals surface area contributed by atoms with Crippen molar-refractivity contribution in [1.82, 2.24) is 4.90 Å². The van der Waals surface area contributed by atoms with Crippen molar-refractivity contribution in [2.24, 2.45) is 29.6 Å². The van der Waals surface area contributed by atoms with Crippen LogP contribution in [0, 0.1) is 29.6 Å². The van der Waals surface area contributed by atoms with Gasteiger partial charge in [-0.25, -0.2) is 8.42 Å². The minimum atomic E-state index is -2.86. The predicted molar refractivity (Wildman–Crippen MR) is 96.7 cm³/mol. The summed E-state index contributed by atoms with van der Waals surface area (Å²) in [6, 6.07) is 0. The van der Waals surface area contributed by atoms with Gasteiger partial charge in [0.15, 0.2) is 16.1 Å². The number of nitrogens with zero attached hydrogens (tertiary/aromatic N) is 1. The number of ether oxygens (including phenoxy) is 2. The van der Waals surface area contributed by atoms with Crippen LogP contribution in [0.5, 0.6) is 0 Å². The number of hydrogen-bond acceptors (Lipinski definition) is 5. The van der Waals surface area contributed by atoms with Crippen molar-refractivity contribution < 1.29 is 17.9 Å². The molecule has 0 radical (unpaired) electrons. The monoisotopic (exact) mass is 371 g/mol. The first-order valence-electron chi connectivity index (χ1n) is 10.1. The zero-order valence-electron chi connectivity index (χ0n) is 15.8. The summed E-state index contributed by atoms with van der Waals surface area (Å²) in [5.41, 5.74) is 0. The van der Waals surface area contributed by atoms with Crippen LogP contribution < -0.4 is 0 Å². The van der Waals surface area contributed by atoms with Gasteiger partial charge in [-0.1, -0.05) is 20.3 Å². The van der Waals surface area contributed by atoms with Crippen LogP contribution in [-0.2, 0) is 19.3 Å². The van der Waals surface area contributed by atoms with Gasteiger partial charge < -0.3 is 9.47 Å². The maximum absolute atomic E-state index is 11.8. The second-order valence-electron chi connectivity index (χ2n) is 8.93. The van der Waals surface area contributed by atoms with Crippen LogP contribution in [-0.4, -0.2) is 56.5 Å². The Labute approximate surface area is 152 Å². The summed E-state index contributed by atoms with van der Waals surface area (Å²) >= 11 is 0. The van der Waals surface area contributed by atoms with Crippen LogP contribution in [0.25, 0.3) is 0 Å². The Bertz CT molecular complexity index is 580. The maximum atomic E-state index is 11.8. The molecule has 0 aromatic carbocycles. The van der Waals surface area contributed by atoms with Gasteiger partial charge in [0, 0.05) is 19.0 Å². The van der Waals surface area contributed by atoms with Gasteiger partial charge >= 0.3 is 0 Å². The summed E-state index contributed by atoms with van der Waals surface area (Å²) in [7, 11) is -2.86. The maximum Gasteiger partial charge on any atom is 0.163 e. The van der Waals surface area contributed by atoms with E-state index in [4.69, 9.17) is 9.47 Å². The van der Waals surface area contributed by atoms with Gasteiger partial charge in [0.25, 0.3) is 0 Å². The second-order valence-corrected chi connectivity index (χ2v) is 11.2. The molecular formula is C19H33NO4S. The minimum Gasteiger partial charge on any atom is -0.349 e. The smallest absolute Gasteiger partial charge is 0.163 e. The summed E-state index contributed by atoms with van der Waals surface area (Å²) in [5, 5.41) is 0. The van der Waals surface area contributed by atoms with Crippen LogP contribution in [0.3, 0.4) is 0 Å². The molecule has 2 unspecified atom stereocenters. The van der Waals surface area contributed by atoms with E-state index in [1.807, 2.05) is 0 Å². The Kier molecular flexibility index (Phi) is 4.93. The first-order chi connectivity index (χ1) is 11.9.